The molecule has 0 unspecified atom stereocenters. The summed E-state index contributed by atoms with van der Waals surface area (Å²) in [5.74, 6) is 2.11. The maximum atomic E-state index is 12.9. The van der Waals surface area contributed by atoms with E-state index in [4.69, 9.17) is 4.84 Å². The van der Waals surface area contributed by atoms with Crippen LogP contribution < -0.4 is 5.32 Å². The largest absolute Gasteiger partial charge is 0.368 e. The molecule has 1 aromatic carbocycles. The Balaban J connectivity index is 1.21. The third kappa shape index (κ3) is 6.12. The van der Waals surface area contributed by atoms with E-state index in [9.17, 15) is 9.59 Å². The number of likely N-dealkylation sites (tertiary alicyclic amines) is 1. The summed E-state index contributed by atoms with van der Waals surface area (Å²) in [6.07, 6.45) is 4.36. The molecule has 0 radical (unpaired) electrons. The number of nitrogens with zero attached hydrogens (tertiary/aromatic N) is 3. The smallest absolute Gasteiger partial charge is 0.322 e. The quantitative estimate of drug-likeness (QED) is 0.666. The average molecular weight is 456 g/mol. The lowest BCUT2D eigenvalue weighted by Crippen LogP contribution is -2.43. The summed E-state index contributed by atoms with van der Waals surface area (Å²) in [5, 5.41) is 4.95. The van der Waals surface area contributed by atoms with Gasteiger partial charge in [0.15, 0.2) is 0 Å². The van der Waals surface area contributed by atoms with Crippen molar-refractivity contribution in [2.75, 3.05) is 39.3 Å². The standard InChI is InChI=1S/C25H37N5O3/c1-17(2)24-27-22-6-4-5-21(23(22)28-24)25(32)26-15-19-7-11-29(12-8-19)16-20-9-13-30(14-10-20)33-18(3)31/h4-6,17,19-20H,7-16H2,1-3H3,(H,26,32)(H,27,28). The van der Waals surface area contributed by atoms with E-state index in [2.05, 4.69) is 34.0 Å². The summed E-state index contributed by atoms with van der Waals surface area (Å²) in [5.41, 5.74) is 2.32. The lowest BCUT2D eigenvalue weighted by Gasteiger charge is -2.37. The zero-order chi connectivity index (χ0) is 23.4. The second-order valence-corrected chi connectivity index (χ2v) is 9.89. The highest BCUT2D eigenvalue weighted by molar-refractivity contribution is 6.04. The van der Waals surface area contributed by atoms with E-state index in [1.807, 2.05) is 18.2 Å². The Kier molecular flexibility index (Phi) is 7.65. The van der Waals surface area contributed by atoms with Gasteiger partial charge in [-0.15, -0.1) is 5.06 Å². The van der Waals surface area contributed by atoms with Gasteiger partial charge in [-0.1, -0.05) is 19.9 Å². The molecule has 2 N–H and O–H groups in total. The second kappa shape index (κ2) is 10.7. The molecule has 8 nitrogen and oxygen atoms in total. The van der Waals surface area contributed by atoms with Gasteiger partial charge >= 0.3 is 5.97 Å². The van der Waals surface area contributed by atoms with Crippen molar-refractivity contribution in [3.63, 3.8) is 0 Å². The maximum Gasteiger partial charge on any atom is 0.322 e. The first-order chi connectivity index (χ1) is 15.9. The van der Waals surface area contributed by atoms with Crippen molar-refractivity contribution in [3.8, 4) is 0 Å². The van der Waals surface area contributed by atoms with Crippen molar-refractivity contribution in [3.05, 3.63) is 29.6 Å². The van der Waals surface area contributed by atoms with Gasteiger partial charge in [0, 0.05) is 39.0 Å². The van der Waals surface area contributed by atoms with Crippen LogP contribution in [-0.4, -0.2) is 71.1 Å². The summed E-state index contributed by atoms with van der Waals surface area (Å²) in [4.78, 5) is 39.7. The number of nitrogens with one attached hydrogen (secondary N) is 2. The number of fused-ring (bicyclic) bond motifs is 1. The number of hydrogen-bond donors (Lipinski definition) is 2. The van der Waals surface area contributed by atoms with E-state index in [0.717, 1.165) is 75.3 Å². The Labute approximate surface area is 196 Å². The van der Waals surface area contributed by atoms with Crippen molar-refractivity contribution in [2.24, 2.45) is 11.8 Å². The first-order valence-corrected chi connectivity index (χ1v) is 12.3. The average Bonchev–Trinajstić information content (AvgIpc) is 3.24. The van der Waals surface area contributed by atoms with Crippen LogP contribution in [0.2, 0.25) is 0 Å². The molecular formula is C25H37N5O3. The first kappa shape index (κ1) is 23.7. The summed E-state index contributed by atoms with van der Waals surface area (Å²) >= 11 is 0. The third-order valence-corrected chi connectivity index (χ3v) is 6.93. The minimum absolute atomic E-state index is 0.0376. The number of hydroxylamine groups is 2. The predicted octanol–water partition coefficient (Wildman–Crippen LogP) is 3.32. The normalized spacial score (nSPS) is 19.3. The number of benzene rings is 1. The van der Waals surface area contributed by atoms with Gasteiger partial charge in [0.25, 0.3) is 5.91 Å². The van der Waals surface area contributed by atoms with Crippen LogP contribution in [0, 0.1) is 11.8 Å². The molecule has 2 saturated heterocycles. The van der Waals surface area contributed by atoms with Gasteiger partial charge in [0.05, 0.1) is 11.1 Å². The molecule has 4 rings (SSSR count). The number of H-pyrrole nitrogens is 1. The lowest BCUT2D eigenvalue weighted by atomic mass is 9.93. The van der Waals surface area contributed by atoms with E-state index in [1.165, 1.54) is 6.92 Å². The van der Waals surface area contributed by atoms with Crippen LogP contribution in [0.5, 0.6) is 0 Å². The molecule has 180 valence electrons. The highest BCUT2D eigenvalue weighted by Crippen LogP contribution is 2.24. The van der Waals surface area contributed by atoms with Crippen molar-refractivity contribution in [2.45, 2.75) is 52.4 Å². The number of hydrogen-bond acceptors (Lipinski definition) is 6. The molecule has 8 heteroatoms. The SMILES string of the molecule is CC(=O)ON1CCC(CN2CCC(CNC(=O)c3cccc4[nH]c(C(C)C)nc34)CC2)CC1. The van der Waals surface area contributed by atoms with Crippen molar-refractivity contribution in [1.82, 2.24) is 25.2 Å². The van der Waals surface area contributed by atoms with Crippen molar-refractivity contribution >= 4 is 22.9 Å². The van der Waals surface area contributed by atoms with E-state index in [-0.39, 0.29) is 11.9 Å². The molecule has 3 heterocycles. The molecule has 1 aromatic heterocycles. The van der Waals surface area contributed by atoms with Gasteiger partial charge in [-0.2, -0.15) is 0 Å². The molecule has 1 amide bonds. The number of imidazole rings is 1. The van der Waals surface area contributed by atoms with E-state index < -0.39 is 0 Å². The predicted molar refractivity (Wildman–Crippen MR) is 128 cm³/mol. The molecule has 0 atom stereocenters. The molecule has 0 aliphatic carbocycles. The number of amides is 1. The molecule has 2 aliphatic rings. The Morgan fingerprint density at radius 2 is 1.82 bits per heavy atom. The van der Waals surface area contributed by atoms with Crippen molar-refractivity contribution in [1.29, 1.82) is 0 Å². The van der Waals surface area contributed by atoms with Gasteiger partial charge in [-0.25, -0.2) is 4.98 Å². The van der Waals surface area contributed by atoms with Crippen molar-refractivity contribution < 1.29 is 14.4 Å². The van der Waals surface area contributed by atoms with Gasteiger partial charge in [0.2, 0.25) is 0 Å². The Bertz CT molecular complexity index is 956. The van der Waals surface area contributed by atoms with Crippen LogP contribution >= 0.6 is 0 Å². The van der Waals surface area contributed by atoms with Crippen LogP contribution in [0.3, 0.4) is 0 Å². The van der Waals surface area contributed by atoms with E-state index in [0.29, 0.717) is 29.9 Å². The van der Waals surface area contributed by atoms with E-state index in [1.54, 1.807) is 5.06 Å². The monoisotopic (exact) mass is 455 g/mol. The lowest BCUT2D eigenvalue weighted by molar-refractivity contribution is -0.194. The number of rotatable bonds is 7. The zero-order valence-electron chi connectivity index (χ0n) is 20.1. The fourth-order valence-electron chi connectivity index (χ4n) is 4.94. The molecule has 2 fully saturated rings. The molecule has 0 spiro atoms. The summed E-state index contributed by atoms with van der Waals surface area (Å²) in [7, 11) is 0. The number of carbonyl (C=O) groups excluding carboxylic acids is 2. The van der Waals surface area contributed by atoms with Crippen LogP contribution in [0.1, 0.15) is 68.6 Å². The Hall–Kier alpha value is -2.45. The molecular weight excluding hydrogens is 418 g/mol. The molecule has 0 saturated carbocycles. The second-order valence-electron chi connectivity index (χ2n) is 9.89. The number of piperidine rings is 2. The maximum absolute atomic E-state index is 12.9. The van der Waals surface area contributed by atoms with Gasteiger partial charge in [-0.05, 0) is 62.7 Å². The highest BCUT2D eigenvalue weighted by Gasteiger charge is 2.26. The third-order valence-electron chi connectivity index (χ3n) is 6.93. The number of para-hydroxylation sites is 1. The summed E-state index contributed by atoms with van der Waals surface area (Å²) < 4.78 is 0. The highest BCUT2D eigenvalue weighted by atomic mass is 16.7. The minimum atomic E-state index is -0.232. The Morgan fingerprint density at radius 1 is 1.12 bits per heavy atom. The molecule has 0 bridgehead atoms. The van der Waals surface area contributed by atoms with Gasteiger partial charge in [0.1, 0.15) is 11.3 Å². The molecule has 2 aliphatic heterocycles. The minimum Gasteiger partial charge on any atom is -0.368 e. The zero-order valence-corrected chi connectivity index (χ0v) is 20.1. The van der Waals surface area contributed by atoms with Gasteiger partial charge < -0.3 is 20.0 Å². The fourth-order valence-corrected chi connectivity index (χ4v) is 4.94. The van der Waals surface area contributed by atoms with Crippen LogP contribution in [0.25, 0.3) is 11.0 Å². The van der Waals surface area contributed by atoms with Crippen LogP contribution in [0.15, 0.2) is 18.2 Å². The number of aromatic nitrogens is 2. The first-order valence-electron chi connectivity index (χ1n) is 12.3. The number of carbonyl (C=O) groups is 2. The fraction of sp³-hybridized carbons (Fsp3) is 0.640. The van der Waals surface area contributed by atoms with Crippen LogP contribution in [0.4, 0.5) is 0 Å². The van der Waals surface area contributed by atoms with Gasteiger partial charge in [-0.3, -0.25) is 9.59 Å². The molecule has 33 heavy (non-hydrogen) atoms. The topological polar surface area (TPSA) is 90.6 Å². The number of aromatic amines is 1. The van der Waals surface area contributed by atoms with E-state index >= 15 is 0 Å². The van der Waals surface area contributed by atoms with Crippen LogP contribution in [-0.2, 0) is 9.63 Å². The summed E-state index contributed by atoms with van der Waals surface area (Å²) in [6, 6.07) is 5.74. The molecule has 2 aromatic rings. The Morgan fingerprint density at radius 3 is 2.48 bits per heavy atom. The summed E-state index contributed by atoms with van der Waals surface area (Å²) in [6.45, 7) is 11.3.